The highest BCUT2D eigenvalue weighted by atomic mass is 14.9. The van der Waals surface area contributed by atoms with Crippen LogP contribution in [0.4, 0.5) is 5.69 Å². The second kappa shape index (κ2) is 2.38. The molecule has 1 N–H and O–H groups in total. The molecular weight excluding hydrogens is 136 g/mol. The van der Waals surface area contributed by atoms with Gasteiger partial charge in [0.1, 0.15) is 0 Å². The summed E-state index contributed by atoms with van der Waals surface area (Å²) in [6.45, 7) is 3.01. The maximum Gasteiger partial charge on any atom is 0.0861 e. The number of anilines is 1. The summed E-state index contributed by atoms with van der Waals surface area (Å²) >= 11 is 0. The molecule has 0 spiro atoms. The van der Waals surface area contributed by atoms with Crippen LogP contribution in [0.25, 0.3) is 6.08 Å². The molecule has 2 nitrogen and oxygen atoms in total. The molecule has 56 valence electrons. The summed E-state index contributed by atoms with van der Waals surface area (Å²) < 4.78 is 0. The summed E-state index contributed by atoms with van der Waals surface area (Å²) in [5.74, 6) is 0. The first kappa shape index (κ1) is 6.40. The van der Waals surface area contributed by atoms with Gasteiger partial charge in [0.2, 0.25) is 0 Å². The Bertz CT molecular complexity index is 302. The van der Waals surface area contributed by atoms with E-state index in [2.05, 4.69) is 29.4 Å². The fourth-order valence-corrected chi connectivity index (χ4v) is 1.27. The lowest BCUT2D eigenvalue weighted by Gasteiger charge is -2.13. The molecule has 0 aliphatic carbocycles. The first-order valence-corrected chi connectivity index (χ1v) is 3.74. The Labute approximate surface area is 66.0 Å². The zero-order chi connectivity index (χ0) is 7.68. The summed E-state index contributed by atoms with van der Waals surface area (Å²) in [4.78, 5) is 4.23. The highest BCUT2D eigenvalue weighted by Gasteiger charge is 2.05. The molecule has 0 unspecified atom stereocenters. The molecule has 1 aromatic heterocycles. The molecule has 0 bridgehead atoms. The van der Waals surface area contributed by atoms with Crippen LogP contribution in [0.2, 0.25) is 0 Å². The van der Waals surface area contributed by atoms with E-state index >= 15 is 0 Å². The van der Waals surface area contributed by atoms with Gasteiger partial charge < -0.3 is 5.32 Å². The number of aryl methyl sites for hydroxylation is 1. The van der Waals surface area contributed by atoms with Gasteiger partial charge in [0.25, 0.3) is 0 Å². The van der Waals surface area contributed by atoms with Gasteiger partial charge in [0.15, 0.2) is 0 Å². The standard InChI is InChI=1S/C9H10N2/c1-7-4-6-10-8-3-2-5-11-9(7)8/h2-4,6,11H,5H2,1H3. The van der Waals surface area contributed by atoms with E-state index in [1.165, 1.54) is 11.3 Å². The van der Waals surface area contributed by atoms with Gasteiger partial charge in [-0.25, -0.2) is 0 Å². The Morgan fingerprint density at radius 3 is 3.27 bits per heavy atom. The highest BCUT2D eigenvalue weighted by Crippen LogP contribution is 2.21. The average molecular weight is 146 g/mol. The molecule has 2 heteroatoms. The number of nitrogens with zero attached hydrogens (tertiary/aromatic N) is 1. The Balaban J connectivity index is 2.60. The predicted molar refractivity (Wildman–Crippen MR) is 46.5 cm³/mol. The van der Waals surface area contributed by atoms with Crippen molar-refractivity contribution in [1.29, 1.82) is 0 Å². The molecule has 0 radical (unpaired) electrons. The summed E-state index contributed by atoms with van der Waals surface area (Å²) in [5.41, 5.74) is 3.49. The van der Waals surface area contributed by atoms with Crippen LogP contribution in [0.1, 0.15) is 11.3 Å². The van der Waals surface area contributed by atoms with Gasteiger partial charge >= 0.3 is 0 Å². The van der Waals surface area contributed by atoms with Crippen molar-refractivity contribution in [2.24, 2.45) is 0 Å². The van der Waals surface area contributed by atoms with E-state index in [0.717, 1.165) is 12.2 Å². The zero-order valence-electron chi connectivity index (χ0n) is 6.46. The minimum Gasteiger partial charge on any atom is -0.380 e. The Morgan fingerprint density at radius 1 is 1.55 bits per heavy atom. The largest absolute Gasteiger partial charge is 0.380 e. The van der Waals surface area contributed by atoms with Crippen LogP contribution in [0, 0.1) is 6.92 Å². The topological polar surface area (TPSA) is 24.9 Å². The van der Waals surface area contributed by atoms with Gasteiger partial charge in [-0.15, -0.1) is 0 Å². The molecule has 2 heterocycles. The van der Waals surface area contributed by atoms with Gasteiger partial charge in [-0.3, -0.25) is 4.98 Å². The maximum absolute atomic E-state index is 4.23. The number of nitrogens with one attached hydrogen (secondary N) is 1. The quantitative estimate of drug-likeness (QED) is 0.604. The molecule has 0 aromatic carbocycles. The molecule has 1 aliphatic heterocycles. The molecule has 0 saturated carbocycles. The van der Waals surface area contributed by atoms with Crippen molar-refractivity contribution < 1.29 is 0 Å². The van der Waals surface area contributed by atoms with Crippen LogP contribution in [0.5, 0.6) is 0 Å². The van der Waals surface area contributed by atoms with E-state index in [4.69, 9.17) is 0 Å². The molecule has 11 heavy (non-hydrogen) atoms. The second-order valence-corrected chi connectivity index (χ2v) is 2.67. The lowest BCUT2D eigenvalue weighted by atomic mass is 10.1. The lowest BCUT2D eigenvalue weighted by Crippen LogP contribution is -2.07. The number of hydrogen-bond acceptors (Lipinski definition) is 2. The number of hydrogen-bond donors (Lipinski definition) is 1. The fraction of sp³-hybridized carbons (Fsp3) is 0.222. The van der Waals surface area contributed by atoms with Crippen LogP contribution >= 0.6 is 0 Å². The average Bonchev–Trinajstić information content (AvgIpc) is 2.06. The maximum atomic E-state index is 4.23. The molecule has 0 atom stereocenters. The van der Waals surface area contributed by atoms with Gasteiger partial charge in [0.05, 0.1) is 11.4 Å². The third-order valence-electron chi connectivity index (χ3n) is 1.86. The van der Waals surface area contributed by atoms with Crippen molar-refractivity contribution in [2.75, 3.05) is 11.9 Å². The van der Waals surface area contributed by atoms with Gasteiger partial charge in [-0.05, 0) is 24.6 Å². The van der Waals surface area contributed by atoms with E-state index in [0.29, 0.717) is 0 Å². The van der Waals surface area contributed by atoms with Crippen molar-refractivity contribution in [2.45, 2.75) is 6.92 Å². The monoisotopic (exact) mass is 146 g/mol. The molecule has 2 rings (SSSR count). The molecule has 0 amide bonds. The van der Waals surface area contributed by atoms with Crippen molar-refractivity contribution in [3.05, 3.63) is 29.6 Å². The fourth-order valence-electron chi connectivity index (χ4n) is 1.27. The summed E-state index contributed by atoms with van der Waals surface area (Å²) in [6, 6.07) is 2.02. The second-order valence-electron chi connectivity index (χ2n) is 2.67. The first-order chi connectivity index (χ1) is 5.38. The van der Waals surface area contributed by atoms with Crippen molar-refractivity contribution in [1.82, 2.24) is 4.98 Å². The van der Waals surface area contributed by atoms with Gasteiger partial charge in [0, 0.05) is 12.7 Å². The minimum atomic E-state index is 0.916. The zero-order valence-corrected chi connectivity index (χ0v) is 6.46. The number of fused-ring (bicyclic) bond motifs is 1. The van der Waals surface area contributed by atoms with E-state index in [-0.39, 0.29) is 0 Å². The minimum absolute atomic E-state index is 0.916. The molecule has 0 fully saturated rings. The third-order valence-corrected chi connectivity index (χ3v) is 1.86. The molecule has 1 aliphatic rings. The summed E-state index contributed by atoms with van der Waals surface area (Å²) in [5, 5.41) is 3.28. The smallest absolute Gasteiger partial charge is 0.0861 e. The predicted octanol–water partition coefficient (Wildman–Crippen LogP) is 1.83. The first-order valence-electron chi connectivity index (χ1n) is 3.74. The molecule has 0 saturated heterocycles. The van der Waals surface area contributed by atoms with Crippen molar-refractivity contribution in [3.63, 3.8) is 0 Å². The third kappa shape index (κ3) is 1.00. The van der Waals surface area contributed by atoms with E-state index in [1.54, 1.807) is 0 Å². The van der Waals surface area contributed by atoms with E-state index < -0.39 is 0 Å². The number of aromatic nitrogens is 1. The van der Waals surface area contributed by atoms with Crippen LogP contribution in [-0.2, 0) is 0 Å². The lowest BCUT2D eigenvalue weighted by molar-refractivity contribution is 1.19. The normalized spacial score (nSPS) is 13.9. The van der Waals surface area contributed by atoms with Crippen LogP contribution in [-0.4, -0.2) is 11.5 Å². The Hall–Kier alpha value is -1.31. The molecule has 1 aromatic rings. The Kier molecular flexibility index (Phi) is 1.39. The summed E-state index contributed by atoms with van der Waals surface area (Å²) in [6.07, 6.45) is 5.97. The van der Waals surface area contributed by atoms with Crippen molar-refractivity contribution in [3.8, 4) is 0 Å². The highest BCUT2D eigenvalue weighted by molar-refractivity contribution is 5.69. The van der Waals surface area contributed by atoms with Crippen LogP contribution in [0.15, 0.2) is 18.3 Å². The van der Waals surface area contributed by atoms with Gasteiger partial charge in [-0.1, -0.05) is 6.08 Å². The van der Waals surface area contributed by atoms with Crippen molar-refractivity contribution >= 4 is 11.8 Å². The van der Waals surface area contributed by atoms with E-state index in [1.807, 2.05) is 12.3 Å². The Morgan fingerprint density at radius 2 is 2.45 bits per heavy atom. The van der Waals surface area contributed by atoms with Gasteiger partial charge in [-0.2, -0.15) is 0 Å². The van der Waals surface area contributed by atoms with Crippen LogP contribution in [0.3, 0.4) is 0 Å². The number of pyridine rings is 1. The van der Waals surface area contributed by atoms with Crippen LogP contribution < -0.4 is 5.32 Å². The molecular formula is C9H10N2. The SMILES string of the molecule is Cc1ccnc2c1NCC=C2. The summed E-state index contributed by atoms with van der Waals surface area (Å²) in [7, 11) is 0. The number of rotatable bonds is 0. The van der Waals surface area contributed by atoms with E-state index in [9.17, 15) is 0 Å².